The number of amides is 1. The van der Waals surface area contributed by atoms with Crippen molar-refractivity contribution in [1.29, 1.82) is 0 Å². The zero-order chi connectivity index (χ0) is 20.1. The molecule has 1 aliphatic heterocycles. The zero-order valence-electron chi connectivity index (χ0n) is 13.7. The molecule has 0 atom stereocenters. The molecule has 144 valence electrons. The van der Waals surface area contributed by atoms with Crippen molar-refractivity contribution >= 4 is 11.9 Å². The first-order valence-electron chi connectivity index (χ1n) is 7.83. The van der Waals surface area contributed by atoms with Gasteiger partial charge in [-0.25, -0.2) is 8.78 Å². The van der Waals surface area contributed by atoms with Crippen molar-refractivity contribution in [1.82, 2.24) is 4.98 Å². The molecule has 1 N–H and O–H groups in total. The second-order valence-corrected chi connectivity index (χ2v) is 5.92. The standard InChI is InChI=1S/C18H9F5N2O3/c19-8-1-3-12-10(5-8)15(11-6-9(20)2-4-13(11)28-12)16(26)25-17-24-14(7-27-17)18(21,22)23/h1-7,15H,(H,24,25,26). The maximum absolute atomic E-state index is 13.7. The Morgan fingerprint density at radius 1 is 1.00 bits per heavy atom. The highest BCUT2D eigenvalue weighted by Crippen LogP contribution is 2.45. The van der Waals surface area contributed by atoms with E-state index in [-0.39, 0.29) is 22.6 Å². The summed E-state index contributed by atoms with van der Waals surface area (Å²) < 4.78 is 75.6. The minimum absolute atomic E-state index is 0.0817. The van der Waals surface area contributed by atoms with E-state index >= 15 is 0 Å². The molecule has 0 saturated carbocycles. The highest BCUT2D eigenvalue weighted by molar-refractivity contribution is 5.98. The van der Waals surface area contributed by atoms with Crippen LogP contribution in [0.3, 0.4) is 0 Å². The molecule has 2 aromatic carbocycles. The number of anilines is 1. The molecule has 1 aromatic heterocycles. The lowest BCUT2D eigenvalue weighted by atomic mass is 9.87. The second-order valence-electron chi connectivity index (χ2n) is 5.92. The fraction of sp³-hybridized carbons (Fsp3) is 0.111. The summed E-state index contributed by atoms with van der Waals surface area (Å²) in [6.45, 7) is 0. The zero-order valence-corrected chi connectivity index (χ0v) is 13.7. The highest BCUT2D eigenvalue weighted by Gasteiger charge is 2.37. The lowest BCUT2D eigenvalue weighted by Crippen LogP contribution is -2.25. The van der Waals surface area contributed by atoms with E-state index in [0.29, 0.717) is 6.26 Å². The number of benzene rings is 2. The molecular formula is C18H9F5N2O3. The molecule has 0 bridgehead atoms. The van der Waals surface area contributed by atoms with E-state index in [1.54, 1.807) is 0 Å². The Morgan fingerprint density at radius 2 is 1.57 bits per heavy atom. The number of carbonyl (C=O) groups is 1. The van der Waals surface area contributed by atoms with Crippen molar-refractivity contribution < 1.29 is 35.9 Å². The van der Waals surface area contributed by atoms with Gasteiger partial charge < -0.3 is 9.15 Å². The van der Waals surface area contributed by atoms with Crippen LogP contribution in [0.1, 0.15) is 22.7 Å². The fourth-order valence-corrected chi connectivity index (χ4v) is 2.88. The normalized spacial score (nSPS) is 13.5. The minimum atomic E-state index is -4.75. The molecule has 28 heavy (non-hydrogen) atoms. The number of alkyl halides is 3. The maximum atomic E-state index is 13.7. The fourth-order valence-electron chi connectivity index (χ4n) is 2.88. The third-order valence-electron chi connectivity index (χ3n) is 4.07. The van der Waals surface area contributed by atoms with Crippen molar-refractivity contribution in [3.05, 3.63) is 71.1 Å². The van der Waals surface area contributed by atoms with Gasteiger partial charge >= 0.3 is 12.2 Å². The van der Waals surface area contributed by atoms with E-state index in [1.165, 1.54) is 12.1 Å². The van der Waals surface area contributed by atoms with Crippen LogP contribution in [0.4, 0.5) is 28.0 Å². The number of fused-ring (bicyclic) bond motifs is 2. The summed E-state index contributed by atoms with van der Waals surface area (Å²) in [7, 11) is 0. The van der Waals surface area contributed by atoms with E-state index < -0.39 is 41.3 Å². The van der Waals surface area contributed by atoms with Gasteiger partial charge in [0.2, 0.25) is 5.91 Å². The first kappa shape index (κ1) is 18.0. The molecule has 10 heteroatoms. The summed E-state index contributed by atoms with van der Waals surface area (Å²) in [6.07, 6.45) is -4.41. The number of hydrogen-bond acceptors (Lipinski definition) is 4. The Hall–Kier alpha value is -3.43. The van der Waals surface area contributed by atoms with Crippen molar-refractivity contribution in [2.45, 2.75) is 12.1 Å². The second kappa shape index (κ2) is 6.32. The predicted octanol–water partition coefficient (Wildman–Crippen LogP) is 4.85. The number of nitrogens with zero attached hydrogens (tertiary/aromatic N) is 1. The average molecular weight is 396 g/mol. The topological polar surface area (TPSA) is 64.4 Å². The molecule has 2 heterocycles. The molecule has 0 radical (unpaired) electrons. The van der Waals surface area contributed by atoms with E-state index in [2.05, 4.69) is 14.7 Å². The van der Waals surface area contributed by atoms with E-state index in [9.17, 15) is 26.7 Å². The van der Waals surface area contributed by atoms with Crippen LogP contribution in [0.5, 0.6) is 11.5 Å². The first-order chi connectivity index (χ1) is 13.2. The van der Waals surface area contributed by atoms with Crippen LogP contribution in [0.15, 0.2) is 47.1 Å². The van der Waals surface area contributed by atoms with Crippen LogP contribution in [0.25, 0.3) is 0 Å². The number of nitrogens with one attached hydrogen (secondary N) is 1. The Labute approximate surface area is 153 Å². The molecule has 0 aliphatic carbocycles. The molecule has 3 aromatic rings. The van der Waals surface area contributed by atoms with Crippen molar-refractivity contribution in [2.75, 3.05) is 5.32 Å². The third kappa shape index (κ3) is 3.17. The number of carbonyl (C=O) groups excluding carboxylic acids is 1. The van der Waals surface area contributed by atoms with E-state index in [4.69, 9.17) is 4.74 Å². The molecule has 0 fully saturated rings. The summed E-state index contributed by atoms with van der Waals surface area (Å²) in [6, 6.07) is 6.19. The molecule has 0 saturated heterocycles. The molecule has 1 amide bonds. The van der Waals surface area contributed by atoms with Gasteiger partial charge in [0.1, 0.15) is 29.4 Å². The monoisotopic (exact) mass is 396 g/mol. The summed E-state index contributed by atoms with van der Waals surface area (Å²) >= 11 is 0. The highest BCUT2D eigenvalue weighted by atomic mass is 19.4. The summed E-state index contributed by atoms with van der Waals surface area (Å²) in [5, 5.41) is 2.11. The number of halogens is 5. The molecule has 4 rings (SSSR count). The summed E-state index contributed by atoms with van der Waals surface area (Å²) in [4.78, 5) is 15.9. The predicted molar refractivity (Wildman–Crippen MR) is 84.9 cm³/mol. The van der Waals surface area contributed by atoms with Crippen LogP contribution < -0.4 is 10.1 Å². The smallest absolute Gasteiger partial charge is 0.436 e. The van der Waals surface area contributed by atoms with Gasteiger partial charge in [0.05, 0.1) is 5.92 Å². The molecule has 0 spiro atoms. The first-order valence-corrected chi connectivity index (χ1v) is 7.83. The lowest BCUT2D eigenvalue weighted by Gasteiger charge is -2.27. The van der Waals surface area contributed by atoms with Gasteiger partial charge in [-0.1, -0.05) is 0 Å². The maximum Gasteiger partial charge on any atom is 0.436 e. The Balaban J connectivity index is 1.74. The minimum Gasteiger partial charge on any atom is -0.457 e. The van der Waals surface area contributed by atoms with Gasteiger partial charge in [-0.3, -0.25) is 10.1 Å². The summed E-state index contributed by atoms with van der Waals surface area (Å²) in [5.74, 6) is -3.18. The Morgan fingerprint density at radius 3 is 2.07 bits per heavy atom. The quantitative estimate of drug-likeness (QED) is 0.629. The van der Waals surface area contributed by atoms with Crippen molar-refractivity contribution in [3.8, 4) is 11.5 Å². The van der Waals surface area contributed by atoms with E-state index in [1.807, 2.05) is 0 Å². The average Bonchev–Trinajstić information content (AvgIpc) is 3.08. The van der Waals surface area contributed by atoms with Crippen LogP contribution in [-0.2, 0) is 11.0 Å². The third-order valence-corrected chi connectivity index (χ3v) is 4.07. The molecule has 5 nitrogen and oxygen atoms in total. The number of oxazole rings is 1. The van der Waals surface area contributed by atoms with Crippen molar-refractivity contribution in [3.63, 3.8) is 0 Å². The van der Waals surface area contributed by atoms with Crippen molar-refractivity contribution in [2.24, 2.45) is 0 Å². The summed E-state index contributed by atoms with van der Waals surface area (Å²) in [5.41, 5.74) is -1.16. The van der Waals surface area contributed by atoms with Gasteiger partial charge in [0, 0.05) is 11.1 Å². The number of ether oxygens (including phenoxy) is 1. The van der Waals surface area contributed by atoms with Crippen LogP contribution in [0, 0.1) is 11.6 Å². The van der Waals surface area contributed by atoms with Gasteiger partial charge in [-0.05, 0) is 36.4 Å². The molecule has 0 unspecified atom stereocenters. The SMILES string of the molecule is O=C(Nc1nc(C(F)(F)F)co1)C1c2cc(F)ccc2Oc2ccc(F)cc21. The largest absolute Gasteiger partial charge is 0.457 e. The van der Waals surface area contributed by atoms with Gasteiger partial charge in [-0.15, -0.1) is 0 Å². The number of rotatable bonds is 2. The Bertz CT molecular complexity index is 1030. The lowest BCUT2D eigenvalue weighted by molar-refractivity contribution is -0.141. The van der Waals surface area contributed by atoms with Gasteiger partial charge in [0.15, 0.2) is 5.69 Å². The number of hydrogen-bond donors (Lipinski definition) is 1. The van der Waals surface area contributed by atoms with E-state index in [0.717, 1.165) is 24.3 Å². The van der Waals surface area contributed by atoms with Gasteiger partial charge in [0.25, 0.3) is 0 Å². The van der Waals surface area contributed by atoms with Crippen LogP contribution >= 0.6 is 0 Å². The Kier molecular flexibility index (Phi) is 4.06. The van der Waals surface area contributed by atoms with Crippen LogP contribution in [-0.4, -0.2) is 10.9 Å². The number of aromatic nitrogens is 1. The molecular weight excluding hydrogens is 387 g/mol. The van der Waals surface area contributed by atoms with Crippen LogP contribution in [0.2, 0.25) is 0 Å². The van der Waals surface area contributed by atoms with Gasteiger partial charge in [-0.2, -0.15) is 18.2 Å². The molecule has 1 aliphatic rings.